The van der Waals surface area contributed by atoms with Crippen molar-refractivity contribution in [2.45, 2.75) is 6.92 Å². The van der Waals surface area contributed by atoms with Gasteiger partial charge >= 0.3 is 0 Å². The third kappa shape index (κ3) is 2.29. The zero-order valence-electron chi connectivity index (χ0n) is 10.1. The molecule has 0 bridgehead atoms. The summed E-state index contributed by atoms with van der Waals surface area (Å²) in [4.78, 5) is 17.2. The molecule has 19 heavy (non-hydrogen) atoms. The van der Waals surface area contributed by atoms with E-state index >= 15 is 0 Å². The Kier molecular flexibility index (Phi) is 3.12. The molecule has 0 fully saturated rings. The highest BCUT2D eigenvalue weighted by Crippen LogP contribution is 2.21. The Morgan fingerprint density at radius 2 is 2.32 bits per heavy atom. The lowest BCUT2D eigenvalue weighted by molar-refractivity contribution is 0.102. The van der Waals surface area contributed by atoms with E-state index in [9.17, 15) is 4.79 Å². The summed E-state index contributed by atoms with van der Waals surface area (Å²) in [6.07, 6.45) is 3.47. The summed E-state index contributed by atoms with van der Waals surface area (Å²) in [7, 11) is 0. The van der Waals surface area contributed by atoms with E-state index in [0.29, 0.717) is 5.69 Å². The minimum absolute atomic E-state index is 0.133. The summed E-state index contributed by atoms with van der Waals surface area (Å²) in [5.74, 6) is -0.133. The van der Waals surface area contributed by atoms with Gasteiger partial charge < -0.3 is 5.32 Å². The number of carbonyl (C=O) groups excluding carboxylic acids is 1. The van der Waals surface area contributed by atoms with Gasteiger partial charge in [0.05, 0.1) is 0 Å². The molecule has 96 valence electrons. The summed E-state index contributed by atoms with van der Waals surface area (Å²) in [6, 6.07) is 5.72. The Balaban J connectivity index is 1.89. The highest BCUT2D eigenvalue weighted by molar-refractivity contribution is 9.10. The van der Waals surface area contributed by atoms with Crippen molar-refractivity contribution in [2.75, 3.05) is 5.32 Å². The van der Waals surface area contributed by atoms with Gasteiger partial charge in [0.15, 0.2) is 4.96 Å². The molecule has 3 aromatic rings. The van der Waals surface area contributed by atoms with Crippen LogP contribution in [0.1, 0.15) is 16.1 Å². The first kappa shape index (κ1) is 12.4. The zero-order valence-corrected chi connectivity index (χ0v) is 12.5. The molecule has 0 unspecified atom stereocenters. The van der Waals surface area contributed by atoms with Crippen LogP contribution in [0, 0.1) is 6.92 Å². The van der Waals surface area contributed by atoms with Crippen molar-refractivity contribution < 1.29 is 4.79 Å². The number of benzene rings is 1. The molecule has 0 saturated carbocycles. The number of rotatable bonds is 2. The van der Waals surface area contributed by atoms with Crippen molar-refractivity contribution in [1.82, 2.24) is 9.38 Å². The summed E-state index contributed by atoms with van der Waals surface area (Å²) in [5.41, 5.74) is 2.46. The number of fused-ring (bicyclic) bond motifs is 1. The van der Waals surface area contributed by atoms with Crippen LogP contribution in [0.2, 0.25) is 0 Å². The lowest BCUT2D eigenvalue weighted by Crippen LogP contribution is -2.13. The number of halogens is 1. The van der Waals surface area contributed by atoms with E-state index in [2.05, 4.69) is 26.2 Å². The van der Waals surface area contributed by atoms with E-state index in [1.54, 1.807) is 16.8 Å². The molecular weight excluding hydrogens is 326 g/mol. The molecule has 1 aromatic carbocycles. The molecule has 1 amide bonds. The predicted molar refractivity (Wildman–Crippen MR) is 79.9 cm³/mol. The fourth-order valence-electron chi connectivity index (χ4n) is 1.81. The van der Waals surface area contributed by atoms with Crippen LogP contribution in [0.4, 0.5) is 5.69 Å². The predicted octanol–water partition coefficient (Wildman–Crippen LogP) is 3.72. The maximum absolute atomic E-state index is 12.2. The van der Waals surface area contributed by atoms with E-state index in [1.165, 1.54) is 11.3 Å². The second-order valence-electron chi connectivity index (χ2n) is 4.12. The van der Waals surface area contributed by atoms with Gasteiger partial charge in [0.1, 0.15) is 5.69 Å². The normalized spacial score (nSPS) is 10.8. The van der Waals surface area contributed by atoms with E-state index in [0.717, 1.165) is 20.7 Å². The van der Waals surface area contributed by atoms with Gasteiger partial charge in [-0.2, -0.15) is 0 Å². The number of nitrogens with one attached hydrogen (secondary N) is 1. The third-order valence-corrected chi connectivity index (χ3v) is 4.53. The first-order valence-electron chi connectivity index (χ1n) is 5.63. The molecule has 6 heteroatoms. The van der Waals surface area contributed by atoms with Crippen molar-refractivity contribution >= 4 is 43.8 Å². The number of carbonyl (C=O) groups is 1. The molecule has 3 rings (SSSR count). The molecule has 0 aliphatic rings. The minimum atomic E-state index is -0.133. The summed E-state index contributed by atoms with van der Waals surface area (Å²) in [5, 5.41) is 4.70. The monoisotopic (exact) mass is 335 g/mol. The number of hydrogen-bond donors (Lipinski definition) is 1. The standard InChI is InChI=1S/C13H10BrN3OS/c1-8-6-9(2-3-10(8)14)16-12(18)11-7-19-13-15-4-5-17(11)13/h2-7H,1H3,(H,16,18). The molecule has 0 spiro atoms. The molecule has 0 aliphatic heterocycles. The number of imidazole rings is 1. The Hall–Kier alpha value is -1.66. The van der Waals surface area contributed by atoms with Gasteiger partial charge in [-0.1, -0.05) is 15.9 Å². The molecule has 0 saturated heterocycles. The van der Waals surface area contributed by atoms with Crippen LogP contribution in [0.3, 0.4) is 0 Å². The van der Waals surface area contributed by atoms with Crippen LogP contribution in [0.5, 0.6) is 0 Å². The minimum Gasteiger partial charge on any atom is -0.321 e. The van der Waals surface area contributed by atoms with E-state index in [-0.39, 0.29) is 5.91 Å². The van der Waals surface area contributed by atoms with Gasteiger partial charge in [0.2, 0.25) is 0 Å². The fourth-order valence-corrected chi connectivity index (χ4v) is 2.88. The third-order valence-electron chi connectivity index (χ3n) is 2.79. The van der Waals surface area contributed by atoms with Gasteiger partial charge in [-0.05, 0) is 30.7 Å². The Bertz CT molecular complexity index is 762. The number of anilines is 1. The summed E-state index contributed by atoms with van der Waals surface area (Å²) >= 11 is 4.89. The highest BCUT2D eigenvalue weighted by Gasteiger charge is 2.12. The summed E-state index contributed by atoms with van der Waals surface area (Å²) < 4.78 is 2.81. The second-order valence-corrected chi connectivity index (χ2v) is 5.81. The molecule has 2 aromatic heterocycles. The Morgan fingerprint density at radius 3 is 3.11 bits per heavy atom. The number of amides is 1. The highest BCUT2D eigenvalue weighted by atomic mass is 79.9. The fraction of sp³-hybridized carbons (Fsp3) is 0.0769. The first-order chi connectivity index (χ1) is 9.15. The molecule has 1 N–H and O–H groups in total. The van der Waals surface area contributed by atoms with Crippen LogP contribution < -0.4 is 5.32 Å². The number of thiazole rings is 1. The van der Waals surface area contributed by atoms with Crippen LogP contribution in [0.15, 0.2) is 40.4 Å². The molecule has 0 aliphatic carbocycles. The zero-order chi connectivity index (χ0) is 13.4. The quantitative estimate of drug-likeness (QED) is 0.775. The van der Waals surface area contributed by atoms with Gasteiger partial charge in [0, 0.05) is 27.9 Å². The molecular formula is C13H10BrN3OS. The van der Waals surface area contributed by atoms with Gasteiger partial charge in [-0.3, -0.25) is 9.20 Å². The maximum atomic E-state index is 12.2. The average Bonchev–Trinajstić information content (AvgIpc) is 2.95. The number of aryl methyl sites for hydroxylation is 1. The van der Waals surface area contributed by atoms with Gasteiger partial charge in [0.25, 0.3) is 5.91 Å². The molecule has 0 radical (unpaired) electrons. The van der Waals surface area contributed by atoms with Gasteiger partial charge in [-0.25, -0.2) is 4.98 Å². The van der Waals surface area contributed by atoms with Crippen molar-refractivity contribution in [1.29, 1.82) is 0 Å². The van der Waals surface area contributed by atoms with Crippen LogP contribution in [0.25, 0.3) is 4.96 Å². The van der Waals surface area contributed by atoms with Crippen molar-refractivity contribution in [3.8, 4) is 0 Å². The van der Waals surface area contributed by atoms with Crippen molar-refractivity contribution in [3.63, 3.8) is 0 Å². The lowest BCUT2D eigenvalue weighted by atomic mass is 10.2. The van der Waals surface area contributed by atoms with Crippen LogP contribution >= 0.6 is 27.3 Å². The summed E-state index contributed by atoms with van der Waals surface area (Å²) in [6.45, 7) is 1.98. The van der Waals surface area contributed by atoms with Crippen molar-refractivity contribution in [2.24, 2.45) is 0 Å². The lowest BCUT2D eigenvalue weighted by Gasteiger charge is -2.06. The smallest absolute Gasteiger partial charge is 0.273 e. The van der Waals surface area contributed by atoms with E-state index in [1.807, 2.05) is 30.5 Å². The number of hydrogen-bond acceptors (Lipinski definition) is 3. The second kappa shape index (κ2) is 4.79. The van der Waals surface area contributed by atoms with Crippen LogP contribution in [-0.2, 0) is 0 Å². The average molecular weight is 336 g/mol. The van der Waals surface area contributed by atoms with Gasteiger partial charge in [-0.15, -0.1) is 11.3 Å². The topological polar surface area (TPSA) is 46.4 Å². The van der Waals surface area contributed by atoms with Crippen LogP contribution in [-0.4, -0.2) is 15.3 Å². The van der Waals surface area contributed by atoms with Crippen molar-refractivity contribution in [3.05, 3.63) is 51.7 Å². The molecule has 0 atom stereocenters. The largest absolute Gasteiger partial charge is 0.321 e. The maximum Gasteiger partial charge on any atom is 0.273 e. The number of nitrogens with zero attached hydrogens (tertiary/aromatic N) is 2. The SMILES string of the molecule is Cc1cc(NC(=O)c2csc3nccn23)ccc1Br. The van der Waals surface area contributed by atoms with E-state index in [4.69, 9.17) is 0 Å². The Morgan fingerprint density at radius 1 is 1.47 bits per heavy atom. The Labute approximate surface area is 122 Å². The first-order valence-corrected chi connectivity index (χ1v) is 7.30. The molecule has 4 nitrogen and oxygen atoms in total. The number of aromatic nitrogens is 2. The molecule has 2 heterocycles. The van der Waals surface area contributed by atoms with E-state index < -0.39 is 0 Å².